The van der Waals surface area contributed by atoms with E-state index < -0.39 is 87.3 Å². The summed E-state index contributed by atoms with van der Waals surface area (Å²) in [6.07, 6.45) is -2.39. The molecule has 0 atom stereocenters. The van der Waals surface area contributed by atoms with E-state index in [4.69, 9.17) is 0 Å². The molecule has 17 heteroatoms. The molecule has 0 radical (unpaired) electrons. The van der Waals surface area contributed by atoms with Gasteiger partial charge in [0.25, 0.3) is 0 Å². The second-order valence-corrected chi connectivity index (χ2v) is 20.4. The molecule has 0 aromatic heterocycles. The van der Waals surface area contributed by atoms with E-state index >= 15 is 0 Å². The molecule has 190 valence electrons. The van der Waals surface area contributed by atoms with Crippen LogP contribution in [0.25, 0.3) is 0 Å². The third kappa shape index (κ3) is 5.85. The Morgan fingerprint density at radius 1 is 0.677 bits per heavy atom. The Morgan fingerprint density at radius 2 is 1.03 bits per heavy atom. The fourth-order valence-corrected chi connectivity index (χ4v) is 20.3. The van der Waals surface area contributed by atoms with Crippen molar-refractivity contribution in [3.8, 4) is 0 Å². The van der Waals surface area contributed by atoms with Crippen LogP contribution in [0.3, 0.4) is 0 Å². The molecule has 0 aliphatic heterocycles. The van der Waals surface area contributed by atoms with E-state index in [9.17, 15) is 51.6 Å². The molecule has 0 aliphatic rings. The van der Waals surface area contributed by atoms with Gasteiger partial charge in [0.15, 0.2) is 0 Å². The van der Waals surface area contributed by atoms with Crippen LogP contribution in [0.2, 0.25) is 0 Å². The van der Waals surface area contributed by atoms with Gasteiger partial charge in [0, 0.05) is 0 Å². The second kappa shape index (κ2) is 9.59. The van der Waals surface area contributed by atoms with Crippen molar-refractivity contribution in [3.05, 3.63) is 0 Å². The van der Waals surface area contributed by atoms with Gasteiger partial charge in [-0.2, -0.15) is 0 Å². The Morgan fingerprint density at radius 3 is 1.29 bits per heavy atom. The van der Waals surface area contributed by atoms with Crippen molar-refractivity contribution in [1.82, 2.24) is 3.48 Å². The van der Waals surface area contributed by atoms with Crippen LogP contribution in [-0.4, -0.2) is 75.9 Å². The zero-order valence-corrected chi connectivity index (χ0v) is 20.8. The first-order valence-electron chi connectivity index (χ1n) is 9.28. The van der Waals surface area contributed by atoms with Crippen LogP contribution in [0.4, 0.5) is 26.3 Å². The quantitative estimate of drug-likeness (QED) is 0.272. The van der Waals surface area contributed by atoms with Crippen molar-refractivity contribution in [3.63, 3.8) is 0 Å². The molecule has 0 spiro atoms. The third-order valence-electron chi connectivity index (χ3n) is 5.68. The molecule has 0 bridgehead atoms. The van der Waals surface area contributed by atoms with Gasteiger partial charge >= 0.3 is 179 Å². The molecule has 0 saturated carbocycles. The maximum absolute atomic E-state index is 13.4. The van der Waals surface area contributed by atoms with Gasteiger partial charge in [-0.1, -0.05) is 0 Å². The van der Waals surface area contributed by atoms with Gasteiger partial charge in [-0.3, -0.25) is 0 Å². The molecular formula is C14H28F6NO6PS3. The number of halogens is 6. The molecule has 0 saturated heterocycles. The first-order valence-corrected chi connectivity index (χ1v) is 16.9. The van der Waals surface area contributed by atoms with Crippen molar-refractivity contribution in [1.29, 1.82) is 0 Å². The number of hydrogen-bond donors (Lipinski definition) is 0. The molecule has 7 nitrogen and oxygen atoms in total. The molecule has 0 unspecified atom stereocenters. The normalized spacial score (nSPS) is 16.3. The maximum atomic E-state index is 13.4. The molecule has 0 amide bonds. The summed E-state index contributed by atoms with van der Waals surface area (Å²) in [4.78, 5) is 0. The SMILES string of the molecule is CCCCS(=O)(=O)CCP(CC)(CC)(CC)N(S(=O)(=O)C(F)(F)F)S(=O)(=O)C(F)(F)F. The topological polar surface area (TPSA) is 106 Å². The minimum atomic E-state index is -7.03. The predicted octanol–water partition coefficient (Wildman–Crippen LogP) is 3.73. The van der Waals surface area contributed by atoms with Gasteiger partial charge < -0.3 is 0 Å². The number of alkyl halides is 6. The minimum absolute atomic E-state index is 0.175. The van der Waals surface area contributed by atoms with Crippen LogP contribution in [-0.2, 0) is 29.9 Å². The van der Waals surface area contributed by atoms with E-state index in [2.05, 4.69) is 0 Å². The van der Waals surface area contributed by atoms with Gasteiger partial charge in [-0.25, -0.2) is 0 Å². The van der Waals surface area contributed by atoms with E-state index in [1.54, 1.807) is 6.92 Å². The first kappa shape index (κ1) is 30.8. The van der Waals surface area contributed by atoms with Crippen molar-refractivity contribution < 1.29 is 51.6 Å². The second-order valence-electron chi connectivity index (χ2n) is 7.16. The van der Waals surface area contributed by atoms with E-state index in [0.717, 1.165) is 20.8 Å². The number of nitrogens with zero attached hydrogens (tertiary/aromatic N) is 1. The molecule has 0 fully saturated rings. The summed E-state index contributed by atoms with van der Waals surface area (Å²) in [5, 5.41) is 0. The summed E-state index contributed by atoms with van der Waals surface area (Å²) in [5.41, 5.74) is -12.7. The standard InChI is InChI=1S/C14H28F6NO6PS3/c1-5-9-11-29(22,23)12-10-28(6-2,7-3,8-4)21(30(24,25)13(15,16)17)31(26,27)14(18,19)20/h5-12H2,1-4H3. The Balaban J connectivity index is 7.27. The molecule has 31 heavy (non-hydrogen) atoms. The zero-order chi connectivity index (χ0) is 25.2. The number of unbranched alkanes of at least 4 members (excludes halogenated alkanes) is 1. The van der Waals surface area contributed by atoms with Crippen LogP contribution >= 0.6 is 6.75 Å². The number of hydrogen-bond acceptors (Lipinski definition) is 6. The van der Waals surface area contributed by atoms with Crippen LogP contribution in [0.15, 0.2) is 0 Å². The van der Waals surface area contributed by atoms with E-state index in [0.29, 0.717) is 6.42 Å². The Labute approximate surface area is 179 Å². The Kier molecular flexibility index (Phi) is 9.53. The van der Waals surface area contributed by atoms with Gasteiger partial charge in [0.05, 0.1) is 0 Å². The molecular weight excluding hydrogens is 519 g/mol. The average molecular weight is 548 g/mol. The number of sulfone groups is 1. The number of sulfonamides is 2. The molecule has 0 aliphatic carbocycles. The average Bonchev–Trinajstić information content (AvgIpc) is 2.62. The van der Waals surface area contributed by atoms with Gasteiger partial charge in [0.2, 0.25) is 0 Å². The summed E-state index contributed by atoms with van der Waals surface area (Å²) < 4.78 is 153. The van der Waals surface area contributed by atoms with Crippen LogP contribution in [0, 0.1) is 0 Å². The third-order valence-corrected chi connectivity index (χ3v) is 22.1. The van der Waals surface area contributed by atoms with Crippen LogP contribution < -0.4 is 0 Å². The molecule has 0 heterocycles. The van der Waals surface area contributed by atoms with E-state index in [1.807, 2.05) is 0 Å². The van der Waals surface area contributed by atoms with E-state index in [-0.39, 0.29) is 6.42 Å². The zero-order valence-electron chi connectivity index (χ0n) is 17.5. The van der Waals surface area contributed by atoms with Crippen molar-refractivity contribution >= 4 is 36.6 Å². The summed E-state index contributed by atoms with van der Waals surface area (Å²) in [6, 6.07) is 0. The van der Waals surface area contributed by atoms with Gasteiger partial charge in [-0.15, -0.1) is 0 Å². The van der Waals surface area contributed by atoms with Crippen molar-refractivity contribution in [2.45, 2.75) is 51.6 Å². The summed E-state index contributed by atoms with van der Waals surface area (Å²) in [6.45, 7) is -0.317. The van der Waals surface area contributed by atoms with Crippen molar-refractivity contribution in [2.24, 2.45) is 0 Å². The van der Waals surface area contributed by atoms with Crippen LogP contribution in [0.5, 0.6) is 0 Å². The van der Waals surface area contributed by atoms with E-state index in [1.165, 1.54) is 0 Å². The molecule has 0 N–H and O–H groups in total. The summed E-state index contributed by atoms with van der Waals surface area (Å²) >= 11 is 0. The fourth-order valence-electron chi connectivity index (χ4n) is 3.33. The van der Waals surface area contributed by atoms with Gasteiger partial charge in [-0.05, 0) is 0 Å². The Bertz CT molecular complexity index is 885. The van der Waals surface area contributed by atoms with Gasteiger partial charge in [0.1, 0.15) is 0 Å². The van der Waals surface area contributed by atoms with Crippen LogP contribution in [0.1, 0.15) is 40.5 Å². The van der Waals surface area contributed by atoms with Crippen molar-refractivity contribution in [2.75, 3.05) is 36.2 Å². The first-order chi connectivity index (χ1) is 13.6. The fraction of sp³-hybridized carbons (Fsp3) is 1.00. The predicted molar refractivity (Wildman–Crippen MR) is 109 cm³/mol. The molecule has 0 rings (SSSR count). The molecule has 0 aromatic rings. The Hall–Kier alpha value is -0.180. The summed E-state index contributed by atoms with van der Waals surface area (Å²) in [7, 11) is -18.0. The summed E-state index contributed by atoms with van der Waals surface area (Å²) in [5.74, 6) is -1.34. The monoisotopic (exact) mass is 547 g/mol. The molecule has 0 aromatic carbocycles. The number of rotatable bonds is 12.